The number of hydrogen-bond donors (Lipinski definition) is 0. The van der Waals surface area contributed by atoms with Crippen molar-refractivity contribution in [3.05, 3.63) is 43.5 Å². The van der Waals surface area contributed by atoms with E-state index in [-0.39, 0.29) is 0 Å². The SMILES string of the molecule is CCCCCCCCCCCCOc1ccc([I+]c2c(OC)cc(OC)cc2OC)cc1. The molecular weight excluding hydrogens is 515 g/mol. The minimum atomic E-state index is -0.451. The van der Waals surface area contributed by atoms with Crippen LogP contribution in [0.3, 0.4) is 0 Å². The maximum Gasteiger partial charge on any atom is 0.366 e. The Bertz CT molecular complexity index is 736. The second-order valence-electron chi connectivity index (χ2n) is 7.92. The third-order valence-corrected chi connectivity index (χ3v) is 8.38. The fraction of sp³-hybridized carbons (Fsp3) is 0.556. The summed E-state index contributed by atoms with van der Waals surface area (Å²) in [4.78, 5) is 0. The molecule has 32 heavy (non-hydrogen) atoms. The van der Waals surface area contributed by atoms with Gasteiger partial charge in [-0.2, -0.15) is 0 Å². The second kappa shape index (κ2) is 16.1. The number of hydrogen-bond acceptors (Lipinski definition) is 4. The van der Waals surface area contributed by atoms with Crippen LogP contribution in [0.15, 0.2) is 36.4 Å². The number of benzene rings is 2. The number of rotatable bonds is 17. The molecule has 4 nitrogen and oxygen atoms in total. The number of methoxy groups -OCH3 is 3. The average molecular weight is 556 g/mol. The average Bonchev–Trinajstić information content (AvgIpc) is 2.83. The normalized spacial score (nSPS) is 10.8. The van der Waals surface area contributed by atoms with E-state index in [1.807, 2.05) is 12.1 Å². The van der Waals surface area contributed by atoms with Crippen molar-refractivity contribution in [2.45, 2.75) is 71.1 Å². The highest BCUT2D eigenvalue weighted by molar-refractivity contribution is 5.41. The van der Waals surface area contributed by atoms with Gasteiger partial charge in [0.05, 0.1) is 27.9 Å². The summed E-state index contributed by atoms with van der Waals surface area (Å²) >= 11 is -0.451. The summed E-state index contributed by atoms with van der Waals surface area (Å²) in [7, 11) is 5.02. The van der Waals surface area contributed by atoms with Crippen molar-refractivity contribution in [2.24, 2.45) is 0 Å². The summed E-state index contributed by atoms with van der Waals surface area (Å²) in [5.41, 5.74) is 0. The zero-order valence-corrected chi connectivity index (χ0v) is 22.4. The minimum absolute atomic E-state index is 0.451. The van der Waals surface area contributed by atoms with Gasteiger partial charge in [-0.15, -0.1) is 0 Å². The number of unbranched alkanes of at least 4 members (excludes halogenated alkanes) is 9. The molecule has 0 unspecified atom stereocenters. The van der Waals surface area contributed by atoms with E-state index in [0.717, 1.165) is 39.6 Å². The topological polar surface area (TPSA) is 36.9 Å². The molecule has 2 aromatic rings. The molecule has 178 valence electrons. The highest BCUT2D eigenvalue weighted by Gasteiger charge is 2.28. The molecule has 0 heterocycles. The molecule has 5 heteroatoms. The zero-order chi connectivity index (χ0) is 23.0. The quantitative estimate of drug-likeness (QED) is 0.217. The van der Waals surface area contributed by atoms with E-state index in [4.69, 9.17) is 18.9 Å². The van der Waals surface area contributed by atoms with Crippen LogP contribution in [0, 0.1) is 7.14 Å². The van der Waals surface area contributed by atoms with Gasteiger partial charge in [-0.1, -0.05) is 64.7 Å². The summed E-state index contributed by atoms with van der Waals surface area (Å²) in [5, 5.41) is 0. The summed E-state index contributed by atoms with van der Waals surface area (Å²) in [6, 6.07) is 12.3. The first-order valence-corrected chi connectivity index (χ1v) is 14.0. The number of halogens is 1. The van der Waals surface area contributed by atoms with Crippen LogP contribution in [0.4, 0.5) is 0 Å². The molecular formula is C27H40IO4+. The fourth-order valence-corrected chi connectivity index (χ4v) is 6.16. The molecule has 0 atom stereocenters. The lowest BCUT2D eigenvalue weighted by Crippen LogP contribution is -3.61. The third kappa shape index (κ3) is 9.47. The summed E-state index contributed by atoms with van der Waals surface area (Å²) < 4.78 is 24.9. The van der Waals surface area contributed by atoms with Crippen molar-refractivity contribution in [1.82, 2.24) is 0 Å². The van der Waals surface area contributed by atoms with Crippen LogP contribution in [0.1, 0.15) is 71.1 Å². The van der Waals surface area contributed by atoms with Crippen LogP contribution in [0.5, 0.6) is 23.0 Å². The molecule has 0 N–H and O–H groups in total. The first-order valence-electron chi connectivity index (χ1n) is 11.9. The van der Waals surface area contributed by atoms with Gasteiger partial charge in [-0.3, -0.25) is 0 Å². The van der Waals surface area contributed by atoms with E-state index < -0.39 is 21.2 Å². The molecule has 0 bridgehead atoms. The molecule has 0 amide bonds. The summed E-state index contributed by atoms with van der Waals surface area (Å²) in [5.74, 6) is 3.31. The van der Waals surface area contributed by atoms with Crippen molar-refractivity contribution in [2.75, 3.05) is 27.9 Å². The molecule has 0 fully saturated rings. The molecule has 0 saturated carbocycles. The second-order valence-corrected chi connectivity index (χ2v) is 10.8. The molecule has 2 rings (SSSR count). The first-order chi connectivity index (χ1) is 15.7. The first kappa shape index (κ1) is 26.6. The van der Waals surface area contributed by atoms with Gasteiger partial charge >= 0.3 is 21.2 Å². The van der Waals surface area contributed by atoms with Gasteiger partial charge in [0.25, 0.3) is 3.57 Å². The Morgan fingerprint density at radius 2 is 1.16 bits per heavy atom. The standard InChI is InChI=1S/C27H40IO4/c1-5-6-7-8-9-10-11-12-13-14-19-32-23-17-15-22(16-18-23)28-27-25(30-3)20-24(29-2)21-26(27)31-4/h15-18,20-21H,5-14,19H2,1-4H3/q+1. The maximum atomic E-state index is 5.95. The van der Waals surface area contributed by atoms with Crippen molar-refractivity contribution >= 4 is 0 Å². The predicted octanol–water partition coefficient (Wildman–Crippen LogP) is 4.14. The lowest BCUT2D eigenvalue weighted by molar-refractivity contribution is -0.598. The monoisotopic (exact) mass is 555 g/mol. The Balaban J connectivity index is 1.72. The van der Waals surface area contributed by atoms with Gasteiger partial charge < -0.3 is 18.9 Å². The van der Waals surface area contributed by atoms with Crippen molar-refractivity contribution in [1.29, 1.82) is 0 Å². The van der Waals surface area contributed by atoms with Crippen LogP contribution < -0.4 is 40.2 Å². The lowest BCUT2D eigenvalue weighted by Gasteiger charge is -2.08. The molecule has 0 spiro atoms. The van der Waals surface area contributed by atoms with E-state index in [1.54, 1.807) is 21.3 Å². The van der Waals surface area contributed by atoms with Crippen molar-refractivity contribution in [3.8, 4) is 23.0 Å². The summed E-state index contributed by atoms with van der Waals surface area (Å²) in [6.45, 7) is 3.07. The fourth-order valence-electron chi connectivity index (χ4n) is 3.54. The van der Waals surface area contributed by atoms with Gasteiger partial charge in [-0.05, 0) is 30.7 Å². The van der Waals surface area contributed by atoms with Crippen LogP contribution in [-0.2, 0) is 0 Å². The predicted molar refractivity (Wildman–Crippen MR) is 127 cm³/mol. The zero-order valence-electron chi connectivity index (χ0n) is 20.3. The molecule has 0 aromatic heterocycles. The van der Waals surface area contributed by atoms with E-state index in [2.05, 4.69) is 31.2 Å². The molecule has 0 saturated heterocycles. The maximum absolute atomic E-state index is 5.95. The van der Waals surface area contributed by atoms with Gasteiger partial charge in [0.2, 0.25) is 0 Å². The number of ether oxygens (including phenoxy) is 4. The molecule has 2 aromatic carbocycles. The Kier molecular flexibility index (Phi) is 13.4. The Labute approximate surface area is 205 Å². The lowest BCUT2D eigenvalue weighted by atomic mass is 10.1. The van der Waals surface area contributed by atoms with Crippen LogP contribution >= 0.6 is 0 Å². The van der Waals surface area contributed by atoms with Crippen LogP contribution in [0.2, 0.25) is 0 Å². The largest absolute Gasteiger partial charge is 0.496 e. The van der Waals surface area contributed by atoms with E-state index in [1.165, 1.54) is 61.4 Å². The molecule has 0 aliphatic carbocycles. The highest BCUT2D eigenvalue weighted by Crippen LogP contribution is 2.27. The van der Waals surface area contributed by atoms with E-state index >= 15 is 0 Å². The molecule has 0 aliphatic heterocycles. The smallest absolute Gasteiger partial charge is 0.366 e. The van der Waals surface area contributed by atoms with Crippen LogP contribution in [0.25, 0.3) is 0 Å². The van der Waals surface area contributed by atoms with E-state index in [9.17, 15) is 0 Å². The Hall–Kier alpha value is -1.63. The van der Waals surface area contributed by atoms with E-state index in [0.29, 0.717) is 0 Å². The Morgan fingerprint density at radius 3 is 1.66 bits per heavy atom. The van der Waals surface area contributed by atoms with Gasteiger partial charge in [0.1, 0.15) is 11.5 Å². The van der Waals surface area contributed by atoms with Crippen molar-refractivity contribution in [3.63, 3.8) is 0 Å². The van der Waals surface area contributed by atoms with Crippen LogP contribution in [-0.4, -0.2) is 27.9 Å². The Morgan fingerprint density at radius 1 is 0.625 bits per heavy atom. The molecule has 0 aliphatic rings. The van der Waals surface area contributed by atoms with Gasteiger partial charge in [-0.25, -0.2) is 0 Å². The third-order valence-electron chi connectivity index (χ3n) is 5.44. The van der Waals surface area contributed by atoms with Crippen molar-refractivity contribution < 1.29 is 40.2 Å². The summed E-state index contributed by atoms with van der Waals surface area (Å²) in [6.07, 6.45) is 13.4. The minimum Gasteiger partial charge on any atom is -0.496 e. The highest BCUT2D eigenvalue weighted by atomic mass is 127. The van der Waals surface area contributed by atoms with Gasteiger partial charge in [0, 0.05) is 12.1 Å². The molecule has 0 radical (unpaired) electrons. The van der Waals surface area contributed by atoms with Gasteiger partial charge in [0.15, 0.2) is 15.1 Å².